The molecule has 0 saturated heterocycles. The maximum Gasteiger partial charge on any atom is 0.124 e. The Morgan fingerprint density at radius 2 is 1.69 bits per heavy atom. The average molecular weight is 285 g/mol. The molecule has 0 aromatic heterocycles. The first-order chi connectivity index (χ1) is 7.45. The molecular weight excluding hydrogens is 264 g/mol. The van der Waals surface area contributed by atoms with Crippen LogP contribution in [0.3, 0.4) is 0 Å². The third-order valence-electron chi connectivity index (χ3n) is 2.73. The van der Waals surface area contributed by atoms with Crippen molar-refractivity contribution in [2.45, 2.75) is 38.9 Å². The molecule has 0 aliphatic rings. The van der Waals surface area contributed by atoms with Crippen LogP contribution >= 0.6 is 15.9 Å². The van der Waals surface area contributed by atoms with E-state index < -0.39 is 0 Å². The molecule has 1 aromatic carbocycles. The van der Waals surface area contributed by atoms with Gasteiger partial charge in [-0.2, -0.15) is 0 Å². The summed E-state index contributed by atoms with van der Waals surface area (Å²) in [5.74, 6) is 1.71. The first-order valence-electron chi connectivity index (χ1n) is 5.75. The first-order valence-corrected chi connectivity index (χ1v) is 6.66. The standard InChI is InChI=1S/C14H21BrO/c1-9(2)6-13(15)12-7-10(3)14(16-5)11(4)8-12/h7-9,13H,6H2,1-5H3. The topological polar surface area (TPSA) is 9.23 Å². The number of methoxy groups -OCH3 is 1. The summed E-state index contributed by atoms with van der Waals surface area (Å²) in [5, 5.41) is 0. The Balaban J connectivity index is 2.99. The van der Waals surface area contributed by atoms with Gasteiger partial charge in [0.1, 0.15) is 5.75 Å². The monoisotopic (exact) mass is 284 g/mol. The van der Waals surface area contributed by atoms with Crippen LogP contribution in [0.15, 0.2) is 12.1 Å². The van der Waals surface area contributed by atoms with Crippen LogP contribution in [0.4, 0.5) is 0 Å². The summed E-state index contributed by atoms with van der Waals surface area (Å²) in [5.41, 5.74) is 3.78. The number of hydrogen-bond acceptors (Lipinski definition) is 1. The van der Waals surface area contributed by atoms with Gasteiger partial charge in [0.25, 0.3) is 0 Å². The molecule has 0 radical (unpaired) electrons. The zero-order chi connectivity index (χ0) is 12.3. The zero-order valence-electron chi connectivity index (χ0n) is 10.8. The molecule has 1 unspecified atom stereocenters. The molecule has 0 fully saturated rings. The van der Waals surface area contributed by atoms with Crippen LogP contribution in [0.5, 0.6) is 5.75 Å². The summed E-state index contributed by atoms with van der Waals surface area (Å²) in [4.78, 5) is 0.441. The van der Waals surface area contributed by atoms with Crippen molar-refractivity contribution in [1.29, 1.82) is 0 Å². The van der Waals surface area contributed by atoms with Gasteiger partial charge in [0.05, 0.1) is 7.11 Å². The predicted molar refractivity (Wildman–Crippen MR) is 73.6 cm³/mol. The number of hydrogen-bond donors (Lipinski definition) is 0. The zero-order valence-corrected chi connectivity index (χ0v) is 12.4. The van der Waals surface area contributed by atoms with Gasteiger partial charge in [-0.15, -0.1) is 0 Å². The maximum absolute atomic E-state index is 5.38. The summed E-state index contributed by atoms with van der Waals surface area (Å²) < 4.78 is 5.38. The van der Waals surface area contributed by atoms with Crippen molar-refractivity contribution in [3.63, 3.8) is 0 Å². The minimum absolute atomic E-state index is 0.441. The van der Waals surface area contributed by atoms with Gasteiger partial charge >= 0.3 is 0 Å². The fourth-order valence-electron chi connectivity index (χ4n) is 2.04. The number of alkyl halides is 1. The van der Waals surface area contributed by atoms with Crippen molar-refractivity contribution in [1.82, 2.24) is 0 Å². The van der Waals surface area contributed by atoms with E-state index in [9.17, 15) is 0 Å². The average Bonchev–Trinajstić information content (AvgIpc) is 2.16. The van der Waals surface area contributed by atoms with Crippen molar-refractivity contribution >= 4 is 15.9 Å². The minimum Gasteiger partial charge on any atom is -0.496 e. The third kappa shape index (κ3) is 3.24. The van der Waals surface area contributed by atoms with Gasteiger partial charge < -0.3 is 4.74 Å². The van der Waals surface area contributed by atoms with Crippen LogP contribution in [-0.4, -0.2) is 7.11 Å². The Bertz CT molecular complexity index is 335. The van der Waals surface area contributed by atoms with E-state index in [4.69, 9.17) is 4.74 Å². The maximum atomic E-state index is 5.38. The molecule has 0 saturated carbocycles. The van der Waals surface area contributed by atoms with E-state index >= 15 is 0 Å². The van der Waals surface area contributed by atoms with Gasteiger partial charge in [0, 0.05) is 4.83 Å². The lowest BCUT2D eigenvalue weighted by molar-refractivity contribution is 0.408. The van der Waals surface area contributed by atoms with Gasteiger partial charge in [-0.25, -0.2) is 0 Å². The lowest BCUT2D eigenvalue weighted by Gasteiger charge is -2.16. The smallest absolute Gasteiger partial charge is 0.124 e. The van der Waals surface area contributed by atoms with Crippen molar-refractivity contribution < 1.29 is 4.74 Å². The molecule has 1 aromatic rings. The molecule has 16 heavy (non-hydrogen) atoms. The van der Waals surface area contributed by atoms with E-state index in [0.29, 0.717) is 10.7 Å². The fourth-order valence-corrected chi connectivity index (χ4v) is 3.05. The highest BCUT2D eigenvalue weighted by molar-refractivity contribution is 9.09. The van der Waals surface area contributed by atoms with Crippen molar-refractivity contribution in [2.24, 2.45) is 5.92 Å². The van der Waals surface area contributed by atoms with Gasteiger partial charge in [-0.05, 0) is 42.9 Å². The van der Waals surface area contributed by atoms with Gasteiger partial charge in [-0.1, -0.05) is 41.9 Å². The van der Waals surface area contributed by atoms with E-state index in [1.807, 2.05) is 0 Å². The lowest BCUT2D eigenvalue weighted by Crippen LogP contribution is -1.99. The normalized spacial score (nSPS) is 12.9. The molecule has 0 spiro atoms. The molecule has 0 amide bonds. The van der Waals surface area contributed by atoms with Crippen LogP contribution in [0, 0.1) is 19.8 Å². The second-order valence-corrected chi connectivity index (χ2v) is 5.89. The second-order valence-electron chi connectivity index (χ2n) is 4.79. The Labute approximate surface area is 107 Å². The number of halogens is 1. The van der Waals surface area contributed by atoms with E-state index in [-0.39, 0.29) is 0 Å². The minimum atomic E-state index is 0.441. The Kier molecular flexibility index (Phi) is 4.85. The Morgan fingerprint density at radius 1 is 1.19 bits per heavy atom. The third-order valence-corrected chi connectivity index (χ3v) is 3.63. The molecule has 1 nitrogen and oxygen atoms in total. The molecule has 0 aliphatic carbocycles. The summed E-state index contributed by atoms with van der Waals surface area (Å²) in [7, 11) is 1.73. The Hall–Kier alpha value is -0.500. The van der Waals surface area contributed by atoms with E-state index in [0.717, 1.165) is 12.2 Å². The predicted octanol–water partition coefficient (Wildman–Crippen LogP) is 4.79. The largest absolute Gasteiger partial charge is 0.496 e. The Morgan fingerprint density at radius 3 is 2.06 bits per heavy atom. The van der Waals surface area contributed by atoms with Crippen LogP contribution in [0.25, 0.3) is 0 Å². The number of benzene rings is 1. The van der Waals surface area contributed by atoms with Gasteiger partial charge in [0.15, 0.2) is 0 Å². The number of rotatable bonds is 4. The summed E-state index contributed by atoms with van der Waals surface area (Å²) in [6.45, 7) is 8.70. The molecule has 0 aliphatic heterocycles. The van der Waals surface area contributed by atoms with E-state index in [1.54, 1.807) is 7.11 Å². The molecule has 1 rings (SSSR count). The molecule has 90 valence electrons. The second kappa shape index (κ2) is 5.72. The number of ether oxygens (including phenoxy) is 1. The van der Waals surface area contributed by atoms with Gasteiger partial charge in [0.2, 0.25) is 0 Å². The molecule has 0 N–H and O–H groups in total. The summed E-state index contributed by atoms with van der Waals surface area (Å²) in [6.07, 6.45) is 1.16. The van der Waals surface area contributed by atoms with Crippen LogP contribution in [-0.2, 0) is 0 Å². The van der Waals surface area contributed by atoms with Crippen molar-refractivity contribution in [3.8, 4) is 5.75 Å². The molecular formula is C14H21BrO. The van der Waals surface area contributed by atoms with Crippen LogP contribution in [0.2, 0.25) is 0 Å². The van der Waals surface area contributed by atoms with E-state index in [2.05, 4.69) is 55.8 Å². The van der Waals surface area contributed by atoms with Crippen LogP contribution < -0.4 is 4.74 Å². The molecule has 2 heteroatoms. The molecule has 0 bridgehead atoms. The molecule has 0 heterocycles. The number of aryl methyl sites for hydroxylation is 2. The van der Waals surface area contributed by atoms with Gasteiger partial charge in [-0.3, -0.25) is 0 Å². The van der Waals surface area contributed by atoms with Crippen molar-refractivity contribution in [2.75, 3.05) is 7.11 Å². The highest BCUT2D eigenvalue weighted by Gasteiger charge is 2.13. The summed E-state index contributed by atoms with van der Waals surface area (Å²) in [6, 6.07) is 4.43. The highest BCUT2D eigenvalue weighted by atomic mass is 79.9. The lowest BCUT2D eigenvalue weighted by atomic mass is 9.98. The highest BCUT2D eigenvalue weighted by Crippen LogP contribution is 2.34. The first kappa shape index (κ1) is 13.6. The summed E-state index contributed by atoms with van der Waals surface area (Å²) >= 11 is 3.76. The van der Waals surface area contributed by atoms with Crippen molar-refractivity contribution in [3.05, 3.63) is 28.8 Å². The quantitative estimate of drug-likeness (QED) is 0.722. The van der Waals surface area contributed by atoms with E-state index in [1.165, 1.54) is 16.7 Å². The molecule has 1 atom stereocenters. The SMILES string of the molecule is COc1c(C)cc(C(Br)CC(C)C)cc1C. The fraction of sp³-hybridized carbons (Fsp3) is 0.571. The van der Waals surface area contributed by atoms with Crippen LogP contribution in [0.1, 0.15) is 41.8 Å².